The van der Waals surface area contributed by atoms with Gasteiger partial charge in [0.25, 0.3) is 5.56 Å². The van der Waals surface area contributed by atoms with Crippen LogP contribution in [0.25, 0.3) is 15.9 Å². The first kappa shape index (κ1) is 18.7. The Morgan fingerprint density at radius 1 is 1.27 bits per heavy atom. The maximum absolute atomic E-state index is 13.0. The molecule has 1 N–H and O–H groups in total. The number of hydrogen-bond donors (Lipinski definition) is 1. The van der Waals surface area contributed by atoms with E-state index in [4.69, 9.17) is 0 Å². The molecule has 0 aliphatic rings. The molecule has 7 heteroatoms. The number of fused-ring (bicyclic) bond motifs is 1. The van der Waals surface area contributed by atoms with Crippen molar-refractivity contribution in [1.29, 1.82) is 0 Å². The number of amides is 1. The van der Waals surface area contributed by atoms with Crippen LogP contribution in [0.4, 0.5) is 0 Å². The monoisotopic (exact) mass is 387 g/mol. The fourth-order valence-corrected chi connectivity index (χ4v) is 4.16. The van der Waals surface area contributed by atoms with Gasteiger partial charge in [0.15, 0.2) is 5.16 Å². The van der Waals surface area contributed by atoms with Gasteiger partial charge in [0.2, 0.25) is 5.91 Å². The Kier molecular flexibility index (Phi) is 5.48. The topological polar surface area (TPSA) is 64.0 Å². The molecule has 3 aromatic rings. The Balaban J connectivity index is 2.07. The number of aryl methyl sites for hydroxylation is 2. The number of rotatable bonds is 5. The summed E-state index contributed by atoms with van der Waals surface area (Å²) in [6.45, 7) is 7.89. The van der Waals surface area contributed by atoms with Crippen LogP contribution in [-0.4, -0.2) is 27.3 Å². The Bertz CT molecular complexity index is 1020. The van der Waals surface area contributed by atoms with Gasteiger partial charge in [0.05, 0.1) is 17.0 Å². The molecular formula is C19H21N3O2S2. The number of nitrogens with one attached hydrogen (secondary N) is 1. The van der Waals surface area contributed by atoms with Crippen molar-refractivity contribution in [3.8, 4) is 5.69 Å². The Morgan fingerprint density at radius 3 is 2.73 bits per heavy atom. The third kappa shape index (κ3) is 3.83. The van der Waals surface area contributed by atoms with Crippen LogP contribution < -0.4 is 10.9 Å². The van der Waals surface area contributed by atoms with Crippen LogP contribution in [0.15, 0.2) is 39.6 Å². The second kappa shape index (κ2) is 7.63. The molecule has 0 aliphatic carbocycles. The minimum Gasteiger partial charge on any atom is -0.353 e. The third-order valence-electron chi connectivity index (χ3n) is 3.98. The minimum absolute atomic E-state index is 0.0729. The molecule has 0 aliphatic heterocycles. The first-order valence-electron chi connectivity index (χ1n) is 8.37. The molecule has 26 heavy (non-hydrogen) atoms. The fourth-order valence-electron chi connectivity index (χ4n) is 2.57. The molecule has 0 saturated heterocycles. The summed E-state index contributed by atoms with van der Waals surface area (Å²) in [5, 5.41) is 5.26. The van der Waals surface area contributed by atoms with Gasteiger partial charge in [-0.1, -0.05) is 17.8 Å². The van der Waals surface area contributed by atoms with E-state index < -0.39 is 0 Å². The van der Waals surface area contributed by atoms with E-state index in [9.17, 15) is 9.59 Å². The normalized spacial score (nSPS) is 11.3. The van der Waals surface area contributed by atoms with Crippen molar-refractivity contribution in [1.82, 2.24) is 14.9 Å². The van der Waals surface area contributed by atoms with E-state index in [1.165, 1.54) is 23.1 Å². The summed E-state index contributed by atoms with van der Waals surface area (Å²) in [4.78, 5) is 29.7. The lowest BCUT2D eigenvalue weighted by atomic mass is 10.1. The molecule has 136 valence electrons. The molecular weight excluding hydrogens is 366 g/mol. The number of carbonyl (C=O) groups is 1. The van der Waals surface area contributed by atoms with E-state index in [0.717, 1.165) is 16.8 Å². The molecule has 2 heterocycles. The van der Waals surface area contributed by atoms with Crippen LogP contribution in [-0.2, 0) is 4.79 Å². The molecule has 0 atom stereocenters. The van der Waals surface area contributed by atoms with Crippen LogP contribution in [0.5, 0.6) is 0 Å². The molecule has 0 saturated carbocycles. The van der Waals surface area contributed by atoms with Gasteiger partial charge in [0, 0.05) is 6.04 Å². The van der Waals surface area contributed by atoms with Crippen molar-refractivity contribution in [3.63, 3.8) is 0 Å². The standard InChI is InChI=1S/C19H21N3O2S2/c1-11(2)20-16(23)10-26-19-21-15-7-8-25-17(15)18(24)22(19)14-6-5-12(3)13(4)9-14/h5-9,11H,10H2,1-4H3,(H,20,23). The molecule has 3 rings (SSSR count). The Labute approximate surface area is 160 Å². The summed E-state index contributed by atoms with van der Waals surface area (Å²) in [5.41, 5.74) is 3.62. The summed E-state index contributed by atoms with van der Waals surface area (Å²) >= 11 is 2.67. The van der Waals surface area contributed by atoms with Crippen LogP contribution in [0.2, 0.25) is 0 Å². The maximum Gasteiger partial charge on any atom is 0.276 e. The Hall–Kier alpha value is -2.12. The number of nitrogens with zero attached hydrogens (tertiary/aromatic N) is 2. The second-order valence-electron chi connectivity index (χ2n) is 6.45. The van der Waals surface area contributed by atoms with Crippen molar-refractivity contribution in [3.05, 3.63) is 51.1 Å². The van der Waals surface area contributed by atoms with E-state index in [2.05, 4.69) is 10.3 Å². The van der Waals surface area contributed by atoms with Crippen LogP contribution in [0, 0.1) is 13.8 Å². The number of thioether (sulfide) groups is 1. The van der Waals surface area contributed by atoms with E-state index in [1.54, 1.807) is 4.57 Å². The fraction of sp³-hybridized carbons (Fsp3) is 0.316. The number of hydrogen-bond acceptors (Lipinski definition) is 5. The van der Waals surface area contributed by atoms with Crippen molar-refractivity contribution in [2.75, 3.05) is 5.75 Å². The Morgan fingerprint density at radius 2 is 2.04 bits per heavy atom. The highest BCUT2D eigenvalue weighted by molar-refractivity contribution is 7.99. The maximum atomic E-state index is 13.0. The number of benzene rings is 1. The number of aromatic nitrogens is 2. The zero-order valence-corrected chi connectivity index (χ0v) is 16.8. The summed E-state index contributed by atoms with van der Waals surface area (Å²) in [7, 11) is 0. The second-order valence-corrected chi connectivity index (χ2v) is 8.31. The summed E-state index contributed by atoms with van der Waals surface area (Å²) < 4.78 is 2.23. The first-order chi connectivity index (χ1) is 12.4. The predicted molar refractivity (Wildman–Crippen MR) is 109 cm³/mol. The van der Waals surface area contributed by atoms with Gasteiger partial charge >= 0.3 is 0 Å². The van der Waals surface area contributed by atoms with Gasteiger partial charge < -0.3 is 5.32 Å². The molecule has 0 radical (unpaired) electrons. The van der Waals surface area contributed by atoms with Gasteiger partial charge in [-0.15, -0.1) is 11.3 Å². The van der Waals surface area contributed by atoms with E-state index >= 15 is 0 Å². The highest BCUT2D eigenvalue weighted by Gasteiger charge is 2.16. The van der Waals surface area contributed by atoms with Crippen LogP contribution in [0.1, 0.15) is 25.0 Å². The van der Waals surface area contributed by atoms with Crippen molar-refractivity contribution in [2.45, 2.75) is 38.9 Å². The first-order valence-corrected chi connectivity index (χ1v) is 10.2. The van der Waals surface area contributed by atoms with E-state index in [-0.39, 0.29) is 23.3 Å². The predicted octanol–water partition coefficient (Wildman–Crippen LogP) is 3.68. The third-order valence-corrected chi connectivity index (χ3v) is 5.81. The van der Waals surface area contributed by atoms with Crippen LogP contribution >= 0.6 is 23.1 Å². The van der Waals surface area contributed by atoms with E-state index in [1.807, 2.05) is 57.3 Å². The molecule has 0 unspecified atom stereocenters. The average Bonchev–Trinajstić information content (AvgIpc) is 3.04. The summed E-state index contributed by atoms with van der Waals surface area (Å²) in [5.74, 6) is 0.141. The van der Waals surface area contributed by atoms with Gasteiger partial charge in [-0.3, -0.25) is 14.2 Å². The van der Waals surface area contributed by atoms with Gasteiger partial charge in [0.1, 0.15) is 4.70 Å². The smallest absolute Gasteiger partial charge is 0.276 e. The zero-order chi connectivity index (χ0) is 18.8. The van der Waals surface area contributed by atoms with Gasteiger partial charge in [-0.25, -0.2) is 4.98 Å². The number of thiophene rings is 1. The highest BCUT2D eigenvalue weighted by Crippen LogP contribution is 2.24. The summed E-state index contributed by atoms with van der Waals surface area (Å²) in [6.07, 6.45) is 0. The highest BCUT2D eigenvalue weighted by atomic mass is 32.2. The van der Waals surface area contributed by atoms with Crippen molar-refractivity contribution >= 4 is 39.2 Å². The van der Waals surface area contributed by atoms with Gasteiger partial charge in [-0.05, 0) is 62.4 Å². The molecule has 0 bridgehead atoms. The van der Waals surface area contributed by atoms with Crippen molar-refractivity contribution in [2.24, 2.45) is 0 Å². The minimum atomic E-state index is -0.0972. The molecule has 0 spiro atoms. The molecule has 0 fully saturated rings. The molecule has 5 nitrogen and oxygen atoms in total. The lowest BCUT2D eigenvalue weighted by Crippen LogP contribution is -2.31. The zero-order valence-electron chi connectivity index (χ0n) is 15.2. The SMILES string of the molecule is Cc1ccc(-n2c(SCC(=O)NC(C)C)nc3ccsc3c2=O)cc1C. The number of carbonyl (C=O) groups excluding carboxylic acids is 1. The lowest BCUT2D eigenvalue weighted by molar-refractivity contribution is -0.119. The van der Waals surface area contributed by atoms with Crippen molar-refractivity contribution < 1.29 is 4.79 Å². The average molecular weight is 388 g/mol. The largest absolute Gasteiger partial charge is 0.353 e. The lowest BCUT2D eigenvalue weighted by Gasteiger charge is -2.14. The van der Waals surface area contributed by atoms with Gasteiger partial charge in [-0.2, -0.15) is 0 Å². The van der Waals surface area contributed by atoms with E-state index in [0.29, 0.717) is 15.4 Å². The molecule has 1 aromatic carbocycles. The quantitative estimate of drug-likeness (QED) is 0.536. The summed E-state index contributed by atoms with van der Waals surface area (Å²) in [6, 6.07) is 7.82. The van der Waals surface area contributed by atoms with Crippen LogP contribution in [0.3, 0.4) is 0 Å². The molecule has 1 amide bonds. The molecule has 2 aromatic heterocycles.